The number of esters is 1. The van der Waals surface area contributed by atoms with Crippen LogP contribution in [0.2, 0.25) is 0 Å². The quantitative estimate of drug-likeness (QED) is 0.769. The van der Waals surface area contributed by atoms with E-state index in [4.69, 9.17) is 23.7 Å². The first-order valence-electron chi connectivity index (χ1n) is 6.82. The van der Waals surface area contributed by atoms with Crippen molar-refractivity contribution in [3.8, 4) is 0 Å². The highest BCUT2D eigenvalue weighted by Gasteiger charge is 2.48. The Balaban J connectivity index is 1.85. The fourth-order valence-electron chi connectivity index (χ4n) is 2.56. The van der Waals surface area contributed by atoms with Crippen molar-refractivity contribution < 1.29 is 28.5 Å². The van der Waals surface area contributed by atoms with Gasteiger partial charge in [-0.15, -0.1) is 0 Å². The maximum atomic E-state index is 11.9. The summed E-state index contributed by atoms with van der Waals surface area (Å²) in [5, 5.41) is 0. The number of rotatable bonds is 2. The van der Waals surface area contributed by atoms with Crippen LogP contribution in [0.4, 0.5) is 0 Å². The highest BCUT2D eigenvalue weighted by molar-refractivity contribution is 5.91. The molecule has 0 aliphatic carbocycles. The Bertz CT molecular complexity index is 525. The minimum atomic E-state index is -1.04. The van der Waals surface area contributed by atoms with Crippen molar-refractivity contribution in [3.63, 3.8) is 0 Å². The first-order valence-corrected chi connectivity index (χ1v) is 6.82. The lowest BCUT2D eigenvalue weighted by Crippen LogP contribution is -2.52. The Morgan fingerprint density at radius 3 is 2.33 bits per heavy atom. The average Bonchev–Trinajstić information content (AvgIpc) is 2.99. The third kappa shape index (κ3) is 2.55. The zero-order valence-corrected chi connectivity index (χ0v) is 12.1. The van der Waals surface area contributed by atoms with E-state index in [-0.39, 0.29) is 13.2 Å². The fraction of sp³-hybridized carbons (Fsp3) is 0.533. The topological polar surface area (TPSA) is 63.2 Å². The van der Waals surface area contributed by atoms with Crippen LogP contribution < -0.4 is 0 Å². The van der Waals surface area contributed by atoms with Crippen LogP contribution in [-0.4, -0.2) is 45.3 Å². The molecule has 21 heavy (non-hydrogen) atoms. The van der Waals surface area contributed by atoms with Crippen molar-refractivity contribution in [1.82, 2.24) is 0 Å². The van der Waals surface area contributed by atoms with E-state index in [0.717, 1.165) is 0 Å². The van der Waals surface area contributed by atoms with E-state index < -0.39 is 17.5 Å². The van der Waals surface area contributed by atoms with Crippen molar-refractivity contribution in [2.75, 3.05) is 33.5 Å². The molecule has 1 aromatic rings. The van der Waals surface area contributed by atoms with Crippen LogP contribution in [0.15, 0.2) is 24.3 Å². The molecule has 6 heteroatoms. The number of hydrogen-bond acceptors (Lipinski definition) is 6. The minimum absolute atomic E-state index is 0.249. The Labute approximate surface area is 122 Å². The Kier molecular flexibility index (Phi) is 3.71. The second-order valence-electron chi connectivity index (χ2n) is 5.17. The first-order chi connectivity index (χ1) is 10.1. The Morgan fingerprint density at radius 2 is 1.71 bits per heavy atom. The van der Waals surface area contributed by atoms with Gasteiger partial charge in [0, 0.05) is 5.56 Å². The molecule has 0 aromatic heterocycles. The molecule has 2 aliphatic rings. The largest absolute Gasteiger partial charge is 0.465 e. The van der Waals surface area contributed by atoms with Gasteiger partial charge >= 0.3 is 5.97 Å². The van der Waals surface area contributed by atoms with Gasteiger partial charge < -0.3 is 23.7 Å². The summed E-state index contributed by atoms with van der Waals surface area (Å²) < 4.78 is 27.6. The van der Waals surface area contributed by atoms with Gasteiger partial charge in [0.2, 0.25) is 5.79 Å². The van der Waals surface area contributed by atoms with E-state index >= 15 is 0 Å². The van der Waals surface area contributed by atoms with Crippen LogP contribution in [-0.2, 0) is 29.5 Å². The van der Waals surface area contributed by atoms with Gasteiger partial charge in [0.25, 0.3) is 0 Å². The summed E-state index contributed by atoms with van der Waals surface area (Å²) in [4.78, 5) is 11.9. The monoisotopic (exact) mass is 294 g/mol. The first kappa shape index (κ1) is 14.5. The molecule has 0 N–H and O–H groups in total. The fourth-order valence-corrected chi connectivity index (χ4v) is 2.56. The molecule has 0 bridgehead atoms. The summed E-state index contributed by atoms with van der Waals surface area (Å²) in [7, 11) is 1.35. The third-order valence-corrected chi connectivity index (χ3v) is 3.77. The molecule has 0 radical (unpaired) electrons. The van der Waals surface area contributed by atoms with E-state index in [9.17, 15) is 4.79 Å². The third-order valence-electron chi connectivity index (χ3n) is 3.77. The van der Waals surface area contributed by atoms with Gasteiger partial charge in [0.05, 0.1) is 25.9 Å². The van der Waals surface area contributed by atoms with Gasteiger partial charge in [0.15, 0.2) is 5.79 Å². The van der Waals surface area contributed by atoms with Gasteiger partial charge in [-0.2, -0.15) is 0 Å². The van der Waals surface area contributed by atoms with Gasteiger partial charge in [-0.05, 0) is 13.0 Å². The molecule has 1 aromatic carbocycles. The van der Waals surface area contributed by atoms with Crippen LogP contribution in [0.5, 0.6) is 0 Å². The van der Waals surface area contributed by atoms with E-state index in [1.165, 1.54) is 7.11 Å². The number of hydrogen-bond donors (Lipinski definition) is 0. The minimum Gasteiger partial charge on any atom is -0.465 e. The van der Waals surface area contributed by atoms with Crippen molar-refractivity contribution in [1.29, 1.82) is 0 Å². The number of ether oxygens (including phenoxy) is 5. The van der Waals surface area contributed by atoms with Gasteiger partial charge in [0.1, 0.15) is 13.2 Å². The lowest BCUT2D eigenvalue weighted by Gasteiger charge is -2.42. The molecule has 2 saturated heterocycles. The molecular weight excluding hydrogens is 276 g/mol. The number of methoxy groups -OCH3 is 1. The molecule has 114 valence electrons. The molecule has 2 fully saturated rings. The van der Waals surface area contributed by atoms with Crippen LogP contribution in [0, 0.1) is 0 Å². The standard InChI is InChI=1S/C15H18O6/c1-14(12-6-4-3-5-11(12)13(16)17-2)20-9-15(10-21-14)18-7-8-19-15/h3-6H,7-10H2,1-2H3. The zero-order chi connectivity index (χ0) is 14.9. The summed E-state index contributed by atoms with van der Waals surface area (Å²) in [5.41, 5.74) is 1.05. The lowest BCUT2D eigenvalue weighted by atomic mass is 9.99. The average molecular weight is 294 g/mol. The number of carbonyl (C=O) groups is 1. The summed E-state index contributed by atoms with van der Waals surface area (Å²) in [5.74, 6) is -2.28. The van der Waals surface area contributed by atoms with Crippen molar-refractivity contribution in [2.24, 2.45) is 0 Å². The molecule has 2 aliphatic heterocycles. The molecule has 2 heterocycles. The predicted molar refractivity (Wildman–Crippen MR) is 71.7 cm³/mol. The summed E-state index contributed by atoms with van der Waals surface area (Å²) in [6.45, 7) is 3.33. The van der Waals surface area contributed by atoms with Crippen molar-refractivity contribution in [2.45, 2.75) is 18.5 Å². The molecule has 6 nitrogen and oxygen atoms in total. The number of carbonyl (C=O) groups excluding carboxylic acids is 1. The SMILES string of the molecule is COC(=O)c1ccccc1C1(C)OCC2(CO1)OCCO2. The Hall–Kier alpha value is -1.47. The molecule has 0 amide bonds. The maximum absolute atomic E-state index is 11.9. The highest BCUT2D eigenvalue weighted by Crippen LogP contribution is 2.37. The van der Waals surface area contributed by atoms with Crippen LogP contribution >= 0.6 is 0 Å². The van der Waals surface area contributed by atoms with Crippen LogP contribution in [0.1, 0.15) is 22.8 Å². The Morgan fingerprint density at radius 1 is 1.10 bits per heavy atom. The van der Waals surface area contributed by atoms with Crippen LogP contribution in [0.25, 0.3) is 0 Å². The number of benzene rings is 1. The van der Waals surface area contributed by atoms with E-state index in [1.54, 1.807) is 25.1 Å². The van der Waals surface area contributed by atoms with Gasteiger partial charge in [-0.25, -0.2) is 4.79 Å². The van der Waals surface area contributed by atoms with E-state index in [0.29, 0.717) is 24.3 Å². The molecule has 3 rings (SSSR count). The van der Waals surface area contributed by atoms with Crippen molar-refractivity contribution in [3.05, 3.63) is 35.4 Å². The smallest absolute Gasteiger partial charge is 0.338 e. The van der Waals surface area contributed by atoms with E-state index in [1.807, 2.05) is 6.07 Å². The second kappa shape index (κ2) is 5.38. The molecule has 0 atom stereocenters. The van der Waals surface area contributed by atoms with Crippen molar-refractivity contribution >= 4 is 5.97 Å². The summed E-state index contributed by atoms with van der Waals surface area (Å²) in [6.07, 6.45) is 0. The predicted octanol–water partition coefficient (Wildman–Crippen LogP) is 1.44. The highest BCUT2D eigenvalue weighted by atomic mass is 16.8. The molecular formula is C15H18O6. The maximum Gasteiger partial charge on any atom is 0.338 e. The zero-order valence-electron chi connectivity index (χ0n) is 12.1. The summed E-state index contributed by atoms with van der Waals surface area (Å²) >= 11 is 0. The lowest BCUT2D eigenvalue weighted by molar-refractivity contribution is -0.362. The molecule has 0 unspecified atom stereocenters. The molecule has 1 spiro atoms. The van der Waals surface area contributed by atoms with Crippen LogP contribution in [0.3, 0.4) is 0 Å². The van der Waals surface area contributed by atoms with Gasteiger partial charge in [-0.1, -0.05) is 18.2 Å². The summed E-state index contributed by atoms with van der Waals surface area (Å²) in [6, 6.07) is 7.08. The molecule has 0 saturated carbocycles. The normalized spacial score (nSPS) is 23.1. The van der Waals surface area contributed by atoms with E-state index in [2.05, 4.69) is 0 Å². The second-order valence-corrected chi connectivity index (χ2v) is 5.17. The van der Waals surface area contributed by atoms with Gasteiger partial charge in [-0.3, -0.25) is 0 Å².